The molecule has 5 atom stereocenters. The molecule has 3 fully saturated rings. The van der Waals surface area contributed by atoms with Crippen molar-refractivity contribution in [3.63, 3.8) is 0 Å². The van der Waals surface area contributed by atoms with Gasteiger partial charge in [-0.2, -0.15) is 0 Å². The quantitative estimate of drug-likeness (QED) is 0.179. The summed E-state index contributed by atoms with van der Waals surface area (Å²) in [6.45, 7) is 8.11. The van der Waals surface area contributed by atoms with Crippen LogP contribution in [0, 0.1) is 11.8 Å². The molecule has 7 rings (SSSR count). The Morgan fingerprint density at radius 3 is 2.57 bits per heavy atom. The molecule has 1 aromatic heterocycles. The van der Waals surface area contributed by atoms with Crippen molar-refractivity contribution in [2.24, 2.45) is 11.8 Å². The number of para-hydroxylation sites is 1. The van der Waals surface area contributed by atoms with Crippen molar-refractivity contribution in [3.05, 3.63) is 125 Å². The largest absolute Gasteiger partial charge is 0.363 e. The summed E-state index contributed by atoms with van der Waals surface area (Å²) in [6.07, 6.45) is 6.51. The Bertz CT molecular complexity index is 1370. The van der Waals surface area contributed by atoms with Crippen molar-refractivity contribution >= 4 is 22.5 Å². The van der Waals surface area contributed by atoms with E-state index in [1.165, 1.54) is 29.5 Å². The third-order valence-electron chi connectivity index (χ3n) is 8.70. The van der Waals surface area contributed by atoms with E-state index in [0.29, 0.717) is 24.5 Å². The number of rotatable bonds is 8. The van der Waals surface area contributed by atoms with Gasteiger partial charge in [0.1, 0.15) is 18.7 Å². The number of nitrogens with zero attached hydrogens (tertiary/aromatic N) is 2. The predicted molar refractivity (Wildman–Crippen MR) is 151 cm³/mol. The average molecular weight is 510 g/mol. The van der Waals surface area contributed by atoms with Gasteiger partial charge in [0.2, 0.25) is 0 Å². The molecule has 3 nitrogen and oxygen atoms in total. The summed E-state index contributed by atoms with van der Waals surface area (Å²) in [5.41, 5.74) is 4.81. The van der Waals surface area contributed by atoms with Gasteiger partial charge in [-0.25, -0.2) is 0 Å². The molecule has 0 amide bonds. The fourth-order valence-corrected chi connectivity index (χ4v) is 6.98. The van der Waals surface area contributed by atoms with Gasteiger partial charge in [-0.1, -0.05) is 78.3 Å². The van der Waals surface area contributed by atoms with Crippen LogP contribution in [0.1, 0.15) is 35.6 Å². The van der Waals surface area contributed by atoms with Gasteiger partial charge in [-0.05, 0) is 41.3 Å². The number of hydrogen-bond donors (Lipinski definition) is 0. The maximum absolute atomic E-state index is 6.97. The van der Waals surface area contributed by atoms with Crippen LogP contribution < -0.4 is 0 Å². The Kier molecular flexibility index (Phi) is 6.86. The van der Waals surface area contributed by atoms with Crippen LogP contribution in [0.2, 0.25) is 5.02 Å². The van der Waals surface area contributed by atoms with E-state index in [4.69, 9.17) is 16.3 Å². The molecule has 0 radical (unpaired) electrons. The topological polar surface area (TPSA) is 22.1 Å². The number of hydrogen-bond acceptors (Lipinski definition) is 2. The molecule has 3 aliphatic rings. The molecule has 0 saturated carbocycles. The second kappa shape index (κ2) is 10.4. The zero-order valence-electron chi connectivity index (χ0n) is 21.2. The highest BCUT2D eigenvalue weighted by Crippen LogP contribution is 2.49. The number of ether oxygens (including phenoxy) is 1. The van der Waals surface area contributed by atoms with Crippen molar-refractivity contribution in [2.45, 2.75) is 38.1 Å². The number of pyridine rings is 1. The van der Waals surface area contributed by atoms with Crippen LogP contribution in [0.15, 0.2) is 104 Å². The number of quaternary nitrogens is 1. The van der Waals surface area contributed by atoms with Crippen molar-refractivity contribution in [1.82, 2.24) is 4.98 Å². The molecule has 188 valence electrons. The van der Waals surface area contributed by atoms with Crippen LogP contribution >= 0.6 is 11.6 Å². The molecule has 4 heteroatoms. The van der Waals surface area contributed by atoms with Crippen LogP contribution in [0.3, 0.4) is 0 Å². The van der Waals surface area contributed by atoms with Crippen molar-refractivity contribution in [2.75, 3.05) is 13.1 Å². The van der Waals surface area contributed by atoms with Crippen molar-refractivity contribution in [1.29, 1.82) is 0 Å². The number of aromatic nitrogens is 1. The van der Waals surface area contributed by atoms with E-state index in [1.807, 2.05) is 18.3 Å². The normalized spacial score (nSPS) is 25.7. The summed E-state index contributed by atoms with van der Waals surface area (Å²) in [6, 6.07) is 30.0. The average Bonchev–Trinajstić information content (AvgIpc) is 2.95. The first-order chi connectivity index (χ1) is 18.1. The Morgan fingerprint density at radius 2 is 1.76 bits per heavy atom. The first kappa shape index (κ1) is 24.4. The van der Waals surface area contributed by atoms with E-state index in [2.05, 4.69) is 90.4 Å². The highest BCUT2D eigenvalue weighted by Gasteiger charge is 2.54. The highest BCUT2D eigenvalue weighted by molar-refractivity contribution is 6.30. The third-order valence-corrected chi connectivity index (χ3v) is 8.95. The van der Waals surface area contributed by atoms with Gasteiger partial charge in [-0.3, -0.25) is 4.98 Å². The van der Waals surface area contributed by atoms with Gasteiger partial charge in [0.05, 0.1) is 25.2 Å². The minimum Gasteiger partial charge on any atom is -0.363 e. The zero-order chi connectivity index (χ0) is 25.2. The predicted octanol–water partition coefficient (Wildman–Crippen LogP) is 7.76. The summed E-state index contributed by atoms with van der Waals surface area (Å²) in [5.74, 6) is 1.22. The van der Waals surface area contributed by atoms with E-state index in [1.54, 1.807) is 0 Å². The monoisotopic (exact) mass is 509 g/mol. The van der Waals surface area contributed by atoms with Crippen LogP contribution in [0.5, 0.6) is 0 Å². The van der Waals surface area contributed by atoms with Crippen LogP contribution in [-0.2, 0) is 17.9 Å². The van der Waals surface area contributed by atoms with E-state index < -0.39 is 0 Å². The lowest BCUT2D eigenvalue weighted by Gasteiger charge is -2.58. The van der Waals surface area contributed by atoms with Crippen LogP contribution in [0.4, 0.5) is 0 Å². The summed E-state index contributed by atoms with van der Waals surface area (Å²) in [7, 11) is 0. The number of halogens is 1. The Labute approximate surface area is 225 Å². The first-order valence-electron chi connectivity index (χ1n) is 13.4. The standard InChI is InChI=1S/C33H34ClN2O/c1-2-26-22-36(21-24-8-4-3-5-9-24)19-17-27(26)20-32(36)33(37-23-25-12-14-28(34)15-13-25)30-16-18-35-31-11-7-6-10-29(30)31/h2-16,18,26-27,32-33H,1,17,19-23H2/q+1/t26-,27-,32+,33-,36?/m0/s1. The molecule has 2 bridgehead atoms. The summed E-state index contributed by atoms with van der Waals surface area (Å²) in [5, 5.41) is 1.94. The van der Waals surface area contributed by atoms with Crippen LogP contribution in [-0.4, -0.2) is 28.6 Å². The number of piperidine rings is 3. The Hall–Kier alpha value is -2.98. The van der Waals surface area contributed by atoms with Crippen LogP contribution in [0.25, 0.3) is 10.9 Å². The second-order valence-electron chi connectivity index (χ2n) is 10.8. The molecule has 1 unspecified atom stereocenters. The van der Waals surface area contributed by atoms with Gasteiger partial charge in [0, 0.05) is 40.9 Å². The first-order valence-corrected chi connectivity index (χ1v) is 13.7. The van der Waals surface area contributed by atoms with E-state index in [0.717, 1.165) is 40.1 Å². The molecule has 37 heavy (non-hydrogen) atoms. The van der Waals surface area contributed by atoms with Crippen molar-refractivity contribution < 1.29 is 9.22 Å². The number of benzene rings is 3. The Balaban J connectivity index is 1.43. The SMILES string of the molecule is C=C[C@H]1C[N+]2(Cc3ccccc3)CC[C@H]1C[C@@H]2[C@@H](OCc1ccc(Cl)cc1)c1ccnc2ccccc12. The molecule has 0 spiro atoms. The van der Waals surface area contributed by atoms with E-state index in [9.17, 15) is 0 Å². The zero-order valence-corrected chi connectivity index (χ0v) is 21.9. The van der Waals surface area contributed by atoms with Crippen molar-refractivity contribution in [3.8, 4) is 0 Å². The third kappa shape index (κ3) is 4.84. The van der Waals surface area contributed by atoms with E-state index >= 15 is 0 Å². The molecule has 0 aliphatic carbocycles. The molecule has 4 heterocycles. The molecule has 4 aromatic rings. The Morgan fingerprint density at radius 1 is 0.973 bits per heavy atom. The molecule has 0 N–H and O–H groups in total. The summed E-state index contributed by atoms with van der Waals surface area (Å²) in [4.78, 5) is 4.67. The number of fused-ring (bicyclic) bond motifs is 4. The molecule has 3 saturated heterocycles. The minimum atomic E-state index is -0.0409. The van der Waals surface area contributed by atoms with Gasteiger partial charge in [0.25, 0.3) is 0 Å². The van der Waals surface area contributed by atoms with E-state index in [-0.39, 0.29) is 6.10 Å². The molecule has 3 aliphatic heterocycles. The molecule has 3 aromatic carbocycles. The lowest BCUT2D eigenvalue weighted by molar-refractivity contribution is -0.985. The summed E-state index contributed by atoms with van der Waals surface area (Å²) < 4.78 is 8.01. The fraction of sp³-hybridized carbons (Fsp3) is 0.303. The fourth-order valence-electron chi connectivity index (χ4n) is 6.85. The lowest BCUT2D eigenvalue weighted by Crippen LogP contribution is -2.67. The maximum Gasteiger partial charge on any atom is 0.135 e. The van der Waals surface area contributed by atoms with Gasteiger partial charge < -0.3 is 9.22 Å². The highest BCUT2D eigenvalue weighted by atomic mass is 35.5. The lowest BCUT2D eigenvalue weighted by atomic mass is 9.71. The smallest absolute Gasteiger partial charge is 0.135 e. The second-order valence-corrected chi connectivity index (χ2v) is 11.2. The van der Waals surface area contributed by atoms with Gasteiger partial charge in [-0.15, -0.1) is 6.58 Å². The maximum atomic E-state index is 6.97. The molecular formula is C33H34ClN2O+. The van der Waals surface area contributed by atoms with Gasteiger partial charge in [0.15, 0.2) is 0 Å². The van der Waals surface area contributed by atoms with Gasteiger partial charge >= 0.3 is 0 Å². The summed E-state index contributed by atoms with van der Waals surface area (Å²) >= 11 is 6.16. The minimum absolute atomic E-state index is 0.0409. The molecular weight excluding hydrogens is 476 g/mol.